The van der Waals surface area contributed by atoms with Crippen molar-refractivity contribution in [1.82, 2.24) is 9.78 Å². The number of nitrogens with one attached hydrogen (secondary N) is 1. The Balaban J connectivity index is 1.77. The third-order valence-corrected chi connectivity index (χ3v) is 4.33. The van der Waals surface area contributed by atoms with Gasteiger partial charge >= 0.3 is 0 Å². The van der Waals surface area contributed by atoms with E-state index in [1.807, 2.05) is 6.92 Å². The molecule has 0 aliphatic heterocycles. The van der Waals surface area contributed by atoms with Crippen LogP contribution in [0.1, 0.15) is 42.0 Å². The maximum Gasteiger partial charge on any atom is 0.229 e. The van der Waals surface area contributed by atoms with Gasteiger partial charge in [0.05, 0.1) is 12.1 Å². The van der Waals surface area contributed by atoms with Crippen LogP contribution in [0.15, 0.2) is 18.2 Å². The van der Waals surface area contributed by atoms with Gasteiger partial charge in [-0.25, -0.2) is 8.78 Å². The highest BCUT2D eigenvalue weighted by Gasteiger charge is 2.28. The van der Waals surface area contributed by atoms with Gasteiger partial charge in [0.1, 0.15) is 17.5 Å². The first-order valence-electron chi connectivity index (χ1n) is 7.72. The summed E-state index contributed by atoms with van der Waals surface area (Å²) in [5, 5.41) is 7.24. The molecule has 1 aromatic carbocycles. The molecule has 0 radical (unpaired) electrons. The van der Waals surface area contributed by atoms with Crippen molar-refractivity contribution < 1.29 is 13.6 Å². The lowest BCUT2D eigenvalue weighted by Crippen LogP contribution is -2.20. The van der Waals surface area contributed by atoms with Crippen LogP contribution in [0.25, 0.3) is 0 Å². The molecule has 1 aromatic heterocycles. The predicted octanol–water partition coefficient (Wildman–Crippen LogP) is 3.46. The molecule has 1 heterocycles. The fourth-order valence-corrected chi connectivity index (χ4v) is 3.08. The van der Waals surface area contributed by atoms with Crippen LogP contribution in [0, 0.1) is 18.6 Å². The van der Waals surface area contributed by atoms with Crippen LogP contribution in [0.2, 0.25) is 0 Å². The Labute approximate surface area is 133 Å². The SMILES string of the molecule is Cc1nn(C)c(NC(=O)Cc2cc(F)cc(F)c2)c1C1CCC1. The first-order chi connectivity index (χ1) is 10.9. The molecule has 0 bridgehead atoms. The Morgan fingerprint density at radius 1 is 1.30 bits per heavy atom. The van der Waals surface area contributed by atoms with Gasteiger partial charge in [0.2, 0.25) is 5.91 Å². The number of aromatic nitrogens is 2. The maximum absolute atomic E-state index is 13.2. The van der Waals surface area contributed by atoms with E-state index in [4.69, 9.17) is 0 Å². The minimum atomic E-state index is -0.681. The van der Waals surface area contributed by atoms with Gasteiger partial charge in [-0.1, -0.05) is 6.42 Å². The van der Waals surface area contributed by atoms with Gasteiger partial charge in [0.25, 0.3) is 0 Å². The average molecular weight is 319 g/mol. The molecule has 4 nitrogen and oxygen atoms in total. The first kappa shape index (κ1) is 15.6. The Bertz CT molecular complexity index is 730. The second-order valence-corrected chi connectivity index (χ2v) is 6.10. The molecule has 0 unspecified atom stereocenters. The van der Waals surface area contributed by atoms with Crippen LogP contribution < -0.4 is 5.32 Å². The number of halogens is 2. The van der Waals surface area contributed by atoms with Crippen LogP contribution in [0.4, 0.5) is 14.6 Å². The molecule has 0 spiro atoms. The summed E-state index contributed by atoms with van der Waals surface area (Å²) in [5.74, 6) is -0.545. The summed E-state index contributed by atoms with van der Waals surface area (Å²) in [7, 11) is 1.78. The van der Waals surface area contributed by atoms with E-state index in [-0.39, 0.29) is 12.3 Å². The third-order valence-electron chi connectivity index (χ3n) is 4.33. The van der Waals surface area contributed by atoms with Crippen molar-refractivity contribution >= 4 is 11.7 Å². The van der Waals surface area contributed by atoms with E-state index >= 15 is 0 Å². The van der Waals surface area contributed by atoms with Gasteiger partial charge in [-0.15, -0.1) is 0 Å². The highest BCUT2D eigenvalue weighted by atomic mass is 19.1. The fourth-order valence-electron chi connectivity index (χ4n) is 3.08. The van der Waals surface area contributed by atoms with Crippen LogP contribution in [0.3, 0.4) is 0 Å². The summed E-state index contributed by atoms with van der Waals surface area (Å²) in [6.45, 7) is 1.94. The van der Waals surface area contributed by atoms with Gasteiger partial charge in [-0.3, -0.25) is 9.48 Å². The Hall–Kier alpha value is -2.24. The summed E-state index contributed by atoms with van der Waals surface area (Å²) in [4.78, 5) is 12.2. The summed E-state index contributed by atoms with van der Waals surface area (Å²) >= 11 is 0. The first-order valence-corrected chi connectivity index (χ1v) is 7.72. The van der Waals surface area contributed by atoms with Gasteiger partial charge in [0, 0.05) is 18.7 Å². The number of aryl methyl sites for hydroxylation is 2. The van der Waals surface area contributed by atoms with Gasteiger partial charge < -0.3 is 5.32 Å². The molecule has 122 valence electrons. The van der Waals surface area contributed by atoms with E-state index in [2.05, 4.69) is 10.4 Å². The molecule has 2 aromatic rings. The van der Waals surface area contributed by atoms with E-state index < -0.39 is 11.6 Å². The number of rotatable bonds is 4. The molecule has 1 N–H and O–H groups in total. The zero-order chi connectivity index (χ0) is 16.6. The van der Waals surface area contributed by atoms with E-state index in [1.165, 1.54) is 18.6 Å². The van der Waals surface area contributed by atoms with Crippen molar-refractivity contribution in [2.75, 3.05) is 5.32 Å². The molecule has 23 heavy (non-hydrogen) atoms. The van der Waals surface area contributed by atoms with Gasteiger partial charge in [0.15, 0.2) is 0 Å². The monoisotopic (exact) mass is 319 g/mol. The molecule has 1 aliphatic carbocycles. The number of carbonyl (C=O) groups excluding carboxylic acids is 1. The number of amides is 1. The summed E-state index contributed by atoms with van der Waals surface area (Å²) < 4.78 is 28.1. The zero-order valence-electron chi connectivity index (χ0n) is 13.2. The number of benzene rings is 1. The van der Waals surface area contributed by atoms with Crippen LogP contribution in [-0.2, 0) is 18.3 Å². The number of anilines is 1. The second kappa shape index (κ2) is 6.10. The van der Waals surface area contributed by atoms with Crippen molar-refractivity contribution in [3.63, 3.8) is 0 Å². The topological polar surface area (TPSA) is 46.9 Å². The number of nitrogens with zero attached hydrogens (tertiary/aromatic N) is 2. The summed E-state index contributed by atoms with van der Waals surface area (Å²) in [6.07, 6.45) is 3.31. The number of hydrogen-bond donors (Lipinski definition) is 1. The minimum Gasteiger partial charge on any atom is -0.310 e. The molecule has 3 rings (SSSR count). The number of hydrogen-bond acceptors (Lipinski definition) is 2. The van der Waals surface area contributed by atoms with Crippen molar-refractivity contribution in [2.24, 2.45) is 7.05 Å². The molecule has 0 saturated heterocycles. The quantitative estimate of drug-likeness (QED) is 0.938. The zero-order valence-corrected chi connectivity index (χ0v) is 13.2. The van der Waals surface area contributed by atoms with Crippen molar-refractivity contribution in [3.8, 4) is 0 Å². The van der Waals surface area contributed by atoms with Crippen molar-refractivity contribution in [3.05, 3.63) is 46.7 Å². The van der Waals surface area contributed by atoms with Crippen LogP contribution in [-0.4, -0.2) is 15.7 Å². The molecular weight excluding hydrogens is 300 g/mol. The fraction of sp³-hybridized carbons (Fsp3) is 0.412. The van der Waals surface area contributed by atoms with Gasteiger partial charge in [-0.05, 0) is 43.4 Å². The standard InChI is InChI=1S/C17H19F2N3O/c1-10-16(12-4-3-5-12)17(22(2)21-10)20-15(23)8-11-6-13(18)9-14(19)7-11/h6-7,9,12H,3-5,8H2,1-2H3,(H,20,23). The molecule has 1 fully saturated rings. The lowest BCUT2D eigenvalue weighted by molar-refractivity contribution is -0.115. The molecule has 0 atom stereocenters. The van der Waals surface area contributed by atoms with E-state index in [0.717, 1.165) is 30.2 Å². The largest absolute Gasteiger partial charge is 0.310 e. The van der Waals surface area contributed by atoms with Crippen LogP contribution in [0.5, 0.6) is 0 Å². The van der Waals surface area contributed by atoms with Crippen molar-refractivity contribution in [1.29, 1.82) is 0 Å². The highest BCUT2D eigenvalue weighted by molar-refractivity contribution is 5.92. The Morgan fingerprint density at radius 2 is 1.96 bits per heavy atom. The molecule has 6 heteroatoms. The predicted molar refractivity (Wildman–Crippen MR) is 83.2 cm³/mol. The lowest BCUT2D eigenvalue weighted by Gasteiger charge is -2.26. The maximum atomic E-state index is 13.2. The third kappa shape index (κ3) is 3.25. The van der Waals surface area contributed by atoms with Crippen LogP contribution >= 0.6 is 0 Å². The Kier molecular flexibility index (Phi) is 4.15. The molecular formula is C17H19F2N3O. The smallest absolute Gasteiger partial charge is 0.229 e. The summed E-state index contributed by atoms with van der Waals surface area (Å²) in [5.41, 5.74) is 2.31. The van der Waals surface area contributed by atoms with E-state index in [0.29, 0.717) is 17.3 Å². The lowest BCUT2D eigenvalue weighted by atomic mass is 9.80. The summed E-state index contributed by atoms with van der Waals surface area (Å²) in [6, 6.07) is 3.13. The van der Waals surface area contributed by atoms with Gasteiger partial charge in [-0.2, -0.15) is 5.10 Å². The normalized spacial score (nSPS) is 14.6. The highest BCUT2D eigenvalue weighted by Crippen LogP contribution is 2.41. The second-order valence-electron chi connectivity index (χ2n) is 6.10. The number of carbonyl (C=O) groups is 1. The molecule has 1 saturated carbocycles. The van der Waals surface area contributed by atoms with E-state index in [9.17, 15) is 13.6 Å². The average Bonchev–Trinajstić information content (AvgIpc) is 2.63. The Morgan fingerprint density at radius 3 is 2.52 bits per heavy atom. The van der Waals surface area contributed by atoms with E-state index in [1.54, 1.807) is 11.7 Å². The minimum absolute atomic E-state index is 0.0803. The molecule has 1 amide bonds. The molecule has 1 aliphatic rings. The van der Waals surface area contributed by atoms with Crippen molar-refractivity contribution in [2.45, 2.75) is 38.5 Å².